The van der Waals surface area contributed by atoms with E-state index in [9.17, 15) is 4.79 Å². The van der Waals surface area contributed by atoms with Crippen molar-refractivity contribution >= 4 is 5.97 Å². The van der Waals surface area contributed by atoms with Crippen molar-refractivity contribution in [2.45, 2.75) is 25.4 Å². The number of esters is 1. The predicted octanol–water partition coefficient (Wildman–Crippen LogP) is 1.70. The summed E-state index contributed by atoms with van der Waals surface area (Å²) in [7, 11) is 1.43. The van der Waals surface area contributed by atoms with E-state index in [4.69, 9.17) is 10.00 Å². The summed E-state index contributed by atoms with van der Waals surface area (Å²) in [6, 6.07) is 9.46. The van der Waals surface area contributed by atoms with Crippen molar-refractivity contribution in [1.82, 2.24) is 4.90 Å². The molecule has 0 bridgehead atoms. The number of nitrogens with zero attached hydrogens (tertiary/aromatic N) is 2. The lowest BCUT2D eigenvalue weighted by atomic mass is 10.1. The molecule has 1 aromatic carbocycles. The van der Waals surface area contributed by atoms with Crippen LogP contribution < -0.4 is 0 Å². The number of methoxy groups -OCH3 is 1. The topological polar surface area (TPSA) is 53.3 Å². The van der Waals surface area contributed by atoms with Crippen LogP contribution in [0.15, 0.2) is 24.3 Å². The van der Waals surface area contributed by atoms with E-state index in [0.717, 1.165) is 31.5 Å². The van der Waals surface area contributed by atoms with Gasteiger partial charge in [-0.25, -0.2) is 0 Å². The normalized spacial score (nSPS) is 19.4. The molecule has 1 heterocycles. The molecule has 0 amide bonds. The summed E-state index contributed by atoms with van der Waals surface area (Å²) in [6.45, 7) is 1.64. The number of carbonyl (C=O) groups is 1. The van der Waals surface area contributed by atoms with Crippen molar-refractivity contribution in [3.8, 4) is 6.07 Å². The van der Waals surface area contributed by atoms with E-state index in [1.54, 1.807) is 12.1 Å². The molecule has 4 heteroatoms. The fourth-order valence-corrected chi connectivity index (χ4v) is 2.34. The molecular weight excluding hydrogens is 228 g/mol. The first-order chi connectivity index (χ1) is 8.74. The molecule has 4 nitrogen and oxygen atoms in total. The fourth-order valence-electron chi connectivity index (χ4n) is 2.34. The lowest BCUT2D eigenvalue weighted by molar-refractivity contribution is -0.146. The Labute approximate surface area is 107 Å². The van der Waals surface area contributed by atoms with Crippen LogP contribution in [-0.2, 0) is 16.1 Å². The van der Waals surface area contributed by atoms with Gasteiger partial charge in [0.1, 0.15) is 6.04 Å². The zero-order chi connectivity index (χ0) is 13.0. The van der Waals surface area contributed by atoms with Crippen molar-refractivity contribution < 1.29 is 9.53 Å². The van der Waals surface area contributed by atoms with Gasteiger partial charge in [-0.3, -0.25) is 9.69 Å². The molecule has 18 heavy (non-hydrogen) atoms. The van der Waals surface area contributed by atoms with Crippen LogP contribution in [0.4, 0.5) is 0 Å². The quantitative estimate of drug-likeness (QED) is 0.759. The predicted molar refractivity (Wildman–Crippen MR) is 66.6 cm³/mol. The first-order valence-electron chi connectivity index (χ1n) is 6.05. The van der Waals surface area contributed by atoms with E-state index >= 15 is 0 Å². The Kier molecular flexibility index (Phi) is 3.96. The second kappa shape index (κ2) is 5.65. The maximum atomic E-state index is 11.6. The first kappa shape index (κ1) is 12.6. The summed E-state index contributed by atoms with van der Waals surface area (Å²) in [5.74, 6) is -0.152. The lowest BCUT2D eigenvalue weighted by Crippen LogP contribution is -2.36. The Morgan fingerprint density at radius 3 is 2.83 bits per heavy atom. The van der Waals surface area contributed by atoms with Gasteiger partial charge in [0.25, 0.3) is 0 Å². The van der Waals surface area contributed by atoms with E-state index in [1.807, 2.05) is 12.1 Å². The smallest absolute Gasteiger partial charge is 0.323 e. The number of ether oxygens (including phenoxy) is 1. The van der Waals surface area contributed by atoms with Crippen LogP contribution in [0, 0.1) is 11.3 Å². The molecule has 2 rings (SSSR count). The number of benzene rings is 1. The highest BCUT2D eigenvalue weighted by molar-refractivity contribution is 5.75. The number of hydrogen-bond donors (Lipinski definition) is 0. The molecule has 0 N–H and O–H groups in total. The van der Waals surface area contributed by atoms with Gasteiger partial charge in [0, 0.05) is 6.54 Å². The third kappa shape index (κ3) is 2.69. The Bertz CT molecular complexity index is 462. The lowest BCUT2D eigenvalue weighted by Gasteiger charge is -2.22. The third-order valence-electron chi connectivity index (χ3n) is 3.31. The van der Waals surface area contributed by atoms with Crippen molar-refractivity contribution in [2.75, 3.05) is 13.7 Å². The molecule has 94 valence electrons. The van der Waals surface area contributed by atoms with Crippen LogP contribution >= 0.6 is 0 Å². The second-order valence-electron chi connectivity index (χ2n) is 4.46. The van der Waals surface area contributed by atoms with Crippen LogP contribution in [-0.4, -0.2) is 30.6 Å². The highest BCUT2D eigenvalue weighted by Gasteiger charge is 2.31. The van der Waals surface area contributed by atoms with Gasteiger partial charge in [-0.05, 0) is 37.1 Å². The molecule has 1 unspecified atom stereocenters. The van der Waals surface area contributed by atoms with Gasteiger partial charge in [-0.2, -0.15) is 5.26 Å². The highest BCUT2D eigenvalue weighted by atomic mass is 16.5. The third-order valence-corrected chi connectivity index (χ3v) is 3.31. The number of hydrogen-bond acceptors (Lipinski definition) is 4. The van der Waals surface area contributed by atoms with E-state index in [1.165, 1.54) is 7.11 Å². The average Bonchev–Trinajstić information content (AvgIpc) is 2.87. The van der Waals surface area contributed by atoms with Gasteiger partial charge in [0.15, 0.2) is 0 Å². The van der Waals surface area contributed by atoms with Crippen molar-refractivity contribution in [1.29, 1.82) is 5.26 Å². The number of rotatable bonds is 3. The second-order valence-corrected chi connectivity index (χ2v) is 4.46. The Morgan fingerprint density at radius 1 is 1.50 bits per heavy atom. The van der Waals surface area contributed by atoms with E-state index in [-0.39, 0.29) is 12.0 Å². The minimum atomic E-state index is -0.152. The van der Waals surface area contributed by atoms with Crippen LogP contribution in [0.2, 0.25) is 0 Å². The summed E-state index contributed by atoms with van der Waals surface area (Å²) in [5, 5.41) is 8.74. The van der Waals surface area contributed by atoms with Gasteiger partial charge >= 0.3 is 5.97 Å². The molecule has 0 saturated carbocycles. The van der Waals surface area contributed by atoms with Gasteiger partial charge in [-0.15, -0.1) is 0 Å². The fraction of sp³-hybridized carbons (Fsp3) is 0.429. The zero-order valence-electron chi connectivity index (χ0n) is 10.4. The summed E-state index contributed by atoms with van der Waals surface area (Å²) in [4.78, 5) is 13.7. The van der Waals surface area contributed by atoms with Gasteiger partial charge in [-0.1, -0.05) is 12.1 Å². The molecule has 1 fully saturated rings. The standard InChI is InChI=1S/C14H16N2O2/c1-18-14(17)13-3-2-8-16(13)10-12-6-4-11(9-15)5-7-12/h4-7,13H,2-3,8,10H2,1H3. The maximum Gasteiger partial charge on any atom is 0.323 e. The van der Waals surface area contributed by atoms with Gasteiger partial charge in [0.2, 0.25) is 0 Å². The van der Waals surface area contributed by atoms with Gasteiger partial charge in [0.05, 0.1) is 18.7 Å². The molecule has 0 radical (unpaired) electrons. The molecule has 0 spiro atoms. The molecular formula is C14H16N2O2. The summed E-state index contributed by atoms with van der Waals surface area (Å²) < 4.78 is 4.81. The SMILES string of the molecule is COC(=O)C1CCCN1Cc1ccc(C#N)cc1. The number of nitriles is 1. The molecule has 1 atom stereocenters. The van der Waals surface area contributed by atoms with Crippen LogP contribution in [0.1, 0.15) is 24.0 Å². The van der Waals surface area contributed by atoms with E-state index in [2.05, 4.69) is 11.0 Å². The Hall–Kier alpha value is -1.86. The zero-order valence-corrected chi connectivity index (χ0v) is 10.4. The molecule has 1 aliphatic heterocycles. The number of likely N-dealkylation sites (tertiary alicyclic amines) is 1. The van der Waals surface area contributed by atoms with E-state index in [0.29, 0.717) is 5.56 Å². The van der Waals surface area contributed by atoms with Crippen molar-refractivity contribution in [3.05, 3.63) is 35.4 Å². The summed E-state index contributed by atoms with van der Waals surface area (Å²) in [5.41, 5.74) is 1.77. The molecule has 0 aromatic heterocycles. The number of carbonyl (C=O) groups excluding carboxylic acids is 1. The minimum Gasteiger partial charge on any atom is -0.468 e. The van der Waals surface area contributed by atoms with Crippen molar-refractivity contribution in [3.63, 3.8) is 0 Å². The van der Waals surface area contributed by atoms with Crippen LogP contribution in [0.3, 0.4) is 0 Å². The summed E-state index contributed by atoms with van der Waals surface area (Å²) >= 11 is 0. The highest BCUT2D eigenvalue weighted by Crippen LogP contribution is 2.21. The van der Waals surface area contributed by atoms with E-state index < -0.39 is 0 Å². The molecule has 1 saturated heterocycles. The largest absolute Gasteiger partial charge is 0.468 e. The van der Waals surface area contributed by atoms with Crippen molar-refractivity contribution in [2.24, 2.45) is 0 Å². The Balaban J connectivity index is 2.03. The monoisotopic (exact) mass is 244 g/mol. The first-order valence-corrected chi connectivity index (χ1v) is 6.05. The van der Waals surface area contributed by atoms with Gasteiger partial charge < -0.3 is 4.74 Å². The molecule has 1 aliphatic rings. The Morgan fingerprint density at radius 2 is 2.22 bits per heavy atom. The van der Waals surface area contributed by atoms with Crippen LogP contribution in [0.5, 0.6) is 0 Å². The average molecular weight is 244 g/mol. The molecule has 1 aromatic rings. The van der Waals surface area contributed by atoms with Crippen LogP contribution in [0.25, 0.3) is 0 Å². The maximum absolute atomic E-state index is 11.6. The summed E-state index contributed by atoms with van der Waals surface area (Å²) in [6.07, 6.45) is 1.89. The minimum absolute atomic E-state index is 0.120. The molecule has 0 aliphatic carbocycles.